The number of hydrogen-bond donors (Lipinski definition) is 3. The van der Waals surface area contributed by atoms with E-state index in [0.717, 1.165) is 34.5 Å². The molecule has 3 aliphatic rings. The summed E-state index contributed by atoms with van der Waals surface area (Å²) in [5.41, 5.74) is 4.54. The summed E-state index contributed by atoms with van der Waals surface area (Å²) in [6.45, 7) is 2.28. The third-order valence-electron chi connectivity index (χ3n) is 8.48. The Kier molecular flexibility index (Phi) is 19.1. The number of methoxy groups -OCH3 is 2. The topological polar surface area (TPSA) is 191 Å². The van der Waals surface area contributed by atoms with Gasteiger partial charge in [0.05, 0.1) is 25.3 Å². The van der Waals surface area contributed by atoms with Gasteiger partial charge in [-0.1, -0.05) is 81.9 Å². The van der Waals surface area contributed by atoms with Crippen LogP contribution in [0.15, 0.2) is 68.0 Å². The van der Waals surface area contributed by atoms with Gasteiger partial charge >= 0.3 is 87.3 Å². The second-order valence-electron chi connectivity index (χ2n) is 11.9. The van der Waals surface area contributed by atoms with Crippen LogP contribution in [0.5, 0.6) is 0 Å². The van der Waals surface area contributed by atoms with E-state index in [9.17, 15) is 33.6 Å². The number of fused-ring (bicyclic) bond motifs is 1. The Morgan fingerprint density at radius 2 is 1.35 bits per heavy atom. The number of nitrogens with zero attached hydrogens (tertiary/aromatic N) is 1. The summed E-state index contributed by atoms with van der Waals surface area (Å²) in [7, 11) is 2.75. The van der Waals surface area contributed by atoms with Crippen molar-refractivity contribution >= 4 is 105 Å². The maximum atomic E-state index is 12.3. The van der Waals surface area contributed by atoms with Crippen molar-refractivity contribution in [2.75, 3.05) is 18.6 Å². The third-order valence-corrected chi connectivity index (χ3v) is 13.0. The summed E-state index contributed by atoms with van der Waals surface area (Å²) in [5.74, 6) is -1.69. The fraction of sp³-hybridized carbons (Fsp3) is 0.324. The van der Waals surface area contributed by atoms with Crippen LogP contribution in [-0.4, -0.2) is 71.1 Å². The zero-order valence-corrected chi connectivity index (χ0v) is 38.4. The number of amides is 5. The summed E-state index contributed by atoms with van der Waals surface area (Å²) in [6, 6.07) is 15.8. The van der Waals surface area contributed by atoms with Gasteiger partial charge in [-0.15, -0.1) is 0 Å². The Labute approximate surface area is 362 Å². The number of hydrogen-bond acceptors (Lipinski definition) is 10. The quantitative estimate of drug-likeness (QED) is 0.109. The van der Waals surface area contributed by atoms with E-state index < -0.39 is 6.04 Å². The summed E-state index contributed by atoms with van der Waals surface area (Å²) in [4.78, 5) is 81.0. The number of ether oxygens (including phenoxy) is 2. The van der Waals surface area contributed by atoms with Gasteiger partial charge in [-0.3, -0.25) is 19.7 Å². The van der Waals surface area contributed by atoms with Crippen molar-refractivity contribution in [3.63, 3.8) is 0 Å². The molecule has 6 rings (SSSR count). The molecule has 2 saturated heterocycles. The summed E-state index contributed by atoms with van der Waals surface area (Å²) >= 11 is 13.1. The Balaban J connectivity index is 0.000000203. The van der Waals surface area contributed by atoms with Gasteiger partial charge in [0.2, 0.25) is 11.8 Å². The van der Waals surface area contributed by atoms with E-state index in [1.165, 1.54) is 19.1 Å². The molecule has 0 aromatic heterocycles. The van der Waals surface area contributed by atoms with E-state index in [0.29, 0.717) is 47.8 Å². The Bertz CT molecular complexity index is 1950. The fourth-order valence-electron chi connectivity index (χ4n) is 5.48. The molecular weight excluding hydrogens is 1090 g/mol. The standard InChI is InChI=1S/C13H11BrN2O3.C9H8Br2O2.C9H9BrO2.C6H10IN2O2/c14-9-3-1-2-7-8(9)6-16(13(7)19)10-4-5-11(17)15-12(10)18;1-13-9(12)6-3-2-4-8(11)7(6)5-10;1-6-7(9(11)12-2)4-3-5-8(6)10;8-7-3-4-1-2-5(10)9-6(4)11/h1-3,10H,4-6H2,(H,15,17,18);2-4H,5H2,1H3;3-5H,1-2H3;4H,1-3,8H2,(H,9,10,11)/q;;;-1. The molecule has 3 heterocycles. The van der Waals surface area contributed by atoms with Crippen LogP contribution in [0.25, 0.3) is 0 Å². The molecule has 3 aromatic carbocycles. The normalized spacial score (nSPS) is 17.2. The van der Waals surface area contributed by atoms with Crippen LogP contribution in [0.2, 0.25) is 0 Å². The molecule has 4 N–H and O–H groups in total. The van der Waals surface area contributed by atoms with Gasteiger partial charge in [0.1, 0.15) is 6.04 Å². The van der Waals surface area contributed by atoms with Crippen LogP contribution in [0.1, 0.15) is 73.4 Å². The van der Waals surface area contributed by atoms with Gasteiger partial charge < -0.3 is 14.4 Å². The van der Waals surface area contributed by atoms with Gasteiger partial charge in [0, 0.05) is 37.3 Å². The number of benzene rings is 3. The number of alkyl halides is 2. The van der Waals surface area contributed by atoms with Crippen LogP contribution < -0.4 is 36.1 Å². The van der Waals surface area contributed by atoms with E-state index in [1.807, 2.05) is 37.3 Å². The average molecular weight is 1130 g/mol. The zero-order valence-electron chi connectivity index (χ0n) is 29.9. The molecule has 0 saturated carbocycles. The first-order valence-corrected chi connectivity index (χ1v) is 22.7. The van der Waals surface area contributed by atoms with Gasteiger partial charge in [-0.25, -0.2) is 9.59 Å². The van der Waals surface area contributed by atoms with Crippen molar-refractivity contribution in [3.8, 4) is 0 Å². The van der Waals surface area contributed by atoms with Crippen LogP contribution >= 0.6 is 63.7 Å². The molecule has 3 aliphatic heterocycles. The number of halogens is 5. The number of rotatable bonds is 6. The van der Waals surface area contributed by atoms with E-state index in [-0.39, 0.29) is 75.3 Å². The number of carbonyl (C=O) groups is 7. The summed E-state index contributed by atoms with van der Waals surface area (Å²) < 4.78 is 18.2. The molecule has 5 amide bonds. The monoisotopic (exact) mass is 1120 g/mol. The number of nitrogens with two attached hydrogens (primary N) is 1. The second kappa shape index (κ2) is 22.6. The minimum atomic E-state index is -0.551. The molecule has 296 valence electrons. The van der Waals surface area contributed by atoms with Crippen molar-refractivity contribution in [1.29, 1.82) is 0 Å². The van der Waals surface area contributed by atoms with E-state index in [1.54, 1.807) is 24.3 Å². The molecule has 0 bridgehead atoms. The molecule has 0 radical (unpaired) electrons. The maximum Gasteiger partial charge on any atom is 0.255 e. The van der Waals surface area contributed by atoms with Gasteiger partial charge in [-0.05, 0) is 66.4 Å². The largest absolute Gasteiger partial charge is 0.322 e. The van der Waals surface area contributed by atoms with Crippen molar-refractivity contribution in [2.24, 2.45) is 9.86 Å². The summed E-state index contributed by atoms with van der Waals surface area (Å²) in [5, 5.41) is 5.21. The molecule has 2 atom stereocenters. The first-order valence-electron chi connectivity index (χ1n) is 16.5. The van der Waals surface area contributed by atoms with Crippen molar-refractivity contribution in [2.45, 2.75) is 50.5 Å². The van der Waals surface area contributed by atoms with Crippen molar-refractivity contribution < 1.29 is 64.5 Å². The third kappa shape index (κ3) is 12.7. The predicted molar refractivity (Wildman–Crippen MR) is 213 cm³/mol. The van der Waals surface area contributed by atoms with Gasteiger partial charge in [0.25, 0.3) is 5.91 Å². The van der Waals surface area contributed by atoms with Crippen LogP contribution in [0.4, 0.5) is 0 Å². The Hall–Kier alpha value is -3.04. The van der Waals surface area contributed by atoms with Gasteiger partial charge in [-0.2, -0.15) is 0 Å². The Morgan fingerprint density at radius 3 is 1.91 bits per heavy atom. The SMILES string of the molecule is COC(=O)c1cccc(Br)c1C.COC(=O)c1cccc(Br)c1CBr.N[I-]CC1CCC(=O)NC1=O.O=C1CCC(N2Cc3c(Br)cccc3C2=O)C(=O)N1. The minimum Gasteiger partial charge on any atom is -0.322 e. The van der Waals surface area contributed by atoms with E-state index >= 15 is 0 Å². The van der Waals surface area contributed by atoms with Crippen molar-refractivity contribution in [3.05, 3.63) is 101 Å². The molecule has 0 aliphatic carbocycles. The molecule has 2 unspecified atom stereocenters. The summed E-state index contributed by atoms with van der Waals surface area (Å²) in [6.07, 6.45) is 1.82. The number of piperidine rings is 2. The van der Waals surface area contributed by atoms with E-state index in [4.69, 9.17) is 3.95 Å². The fourth-order valence-corrected chi connectivity index (χ4v) is 9.27. The maximum absolute atomic E-state index is 12.3. The van der Waals surface area contributed by atoms with Gasteiger partial charge in [0.15, 0.2) is 0 Å². The number of carbonyl (C=O) groups excluding carboxylic acids is 7. The molecule has 55 heavy (non-hydrogen) atoms. The molecule has 13 nitrogen and oxygen atoms in total. The van der Waals surface area contributed by atoms with Crippen molar-refractivity contribution in [1.82, 2.24) is 15.5 Å². The molecule has 2 fully saturated rings. The molecule has 0 spiro atoms. The second-order valence-corrected chi connectivity index (χ2v) is 16.8. The van der Waals surface area contributed by atoms with E-state index in [2.05, 4.69) is 83.8 Å². The van der Waals surface area contributed by atoms with Crippen LogP contribution in [-0.2, 0) is 40.5 Å². The van der Waals surface area contributed by atoms with Crippen LogP contribution in [0, 0.1) is 12.8 Å². The Morgan fingerprint density at radius 1 is 0.800 bits per heavy atom. The first-order chi connectivity index (χ1) is 26.2. The number of nitrogens with one attached hydrogen (secondary N) is 2. The number of esters is 2. The smallest absolute Gasteiger partial charge is 0.255 e. The molecular formula is C37H38Br4IN4O9-. The van der Waals surface area contributed by atoms with Crippen LogP contribution in [0.3, 0.4) is 0 Å². The molecule has 18 heteroatoms. The minimum absolute atomic E-state index is 0.00509. The average Bonchev–Trinajstić information content (AvgIpc) is 3.50. The molecule has 3 aromatic rings. The first kappa shape index (κ1) is 46.3. The number of imide groups is 2. The predicted octanol–water partition coefficient (Wildman–Crippen LogP) is 2.89. The zero-order chi connectivity index (χ0) is 40.8.